The minimum atomic E-state index is 0.0569. The SMILES string of the molecule is CC(c1ccccc1)N1CC(c2nc3ccccc3n2Cc2ccc(C(C)(C)C)cc2)CC1=O. The number of para-hydroxylation sites is 2. The topological polar surface area (TPSA) is 38.1 Å². The number of amides is 1. The zero-order valence-electron chi connectivity index (χ0n) is 20.5. The standard InChI is InChI=1S/C30H33N3O/c1-21(23-10-6-5-7-11-23)32-20-24(18-28(32)34)29-31-26-12-8-9-13-27(26)33(29)19-22-14-16-25(17-15-22)30(2,3)4/h5-17,21,24H,18-20H2,1-4H3. The molecule has 174 valence electrons. The third kappa shape index (κ3) is 4.25. The number of imidazole rings is 1. The molecular formula is C30H33N3O. The molecule has 1 fully saturated rings. The molecule has 2 unspecified atom stereocenters. The van der Waals surface area contributed by atoms with Crippen LogP contribution in [0.5, 0.6) is 0 Å². The Morgan fingerprint density at radius 3 is 2.32 bits per heavy atom. The van der Waals surface area contributed by atoms with Crippen molar-refractivity contribution in [1.29, 1.82) is 0 Å². The number of hydrogen-bond acceptors (Lipinski definition) is 2. The molecule has 2 atom stereocenters. The van der Waals surface area contributed by atoms with Crippen LogP contribution in [0.25, 0.3) is 11.0 Å². The summed E-state index contributed by atoms with van der Waals surface area (Å²) in [5.74, 6) is 1.30. The highest BCUT2D eigenvalue weighted by Crippen LogP contribution is 2.35. The summed E-state index contributed by atoms with van der Waals surface area (Å²) in [7, 11) is 0. The number of carbonyl (C=O) groups is 1. The number of benzene rings is 3. The quantitative estimate of drug-likeness (QED) is 0.349. The molecule has 2 heterocycles. The summed E-state index contributed by atoms with van der Waals surface area (Å²) in [6.07, 6.45) is 0.503. The molecule has 0 N–H and O–H groups in total. The van der Waals surface area contributed by atoms with Gasteiger partial charge >= 0.3 is 0 Å². The van der Waals surface area contributed by atoms with Gasteiger partial charge in [0.2, 0.25) is 5.91 Å². The fourth-order valence-electron chi connectivity index (χ4n) is 5.06. The lowest BCUT2D eigenvalue weighted by atomic mass is 9.87. The molecule has 4 heteroatoms. The second-order valence-corrected chi connectivity index (χ2v) is 10.5. The third-order valence-electron chi connectivity index (χ3n) is 7.12. The van der Waals surface area contributed by atoms with Crippen LogP contribution in [0, 0.1) is 0 Å². The first-order valence-electron chi connectivity index (χ1n) is 12.2. The van der Waals surface area contributed by atoms with E-state index in [1.807, 2.05) is 29.2 Å². The highest BCUT2D eigenvalue weighted by Gasteiger charge is 2.36. The number of hydrogen-bond donors (Lipinski definition) is 0. The van der Waals surface area contributed by atoms with Crippen LogP contribution in [-0.4, -0.2) is 26.9 Å². The van der Waals surface area contributed by atoms with E-state index in [-0.39, 0.29) is 23.3 Å². The van der Waals surface area contributed by atoms with Gasteiger partial charge in [0.1, 0.15) is 5.82 Å². The lowest BCUT2D eigenvalue weighted by Gasteiger charge is -2.25. The molecule has 1 amide bonds. The van der Waals surface area contributed by atoms with E-state index in [1.165, 1.54) is 16.7 Å². The van der Waals surface area contributed by atoms with E-state index in [0.29, 0.717) is 13.0 Å². The zero-order valence-corrected chi connectivity index (χ0v) is 20.5. The van der Waals surface area contributed by atoms with Gasteiger partial charge in [-0.1, -0.05) is 87.5 Å². The van der Waals surface area contributed by atoms with Crippen molar-refractivity contribution in [3.63, 3.8) is 0 Å². The van der Waals surface area contributed by atoms with Crippen molar-refractivity contribution in [3.05, 3.63) is 101 Å². The summed E-state index contributed by atoms with van der Waals surface area (Å²) in [5.41, 5.74) is 6.00. The first-order chi connectivity index (χ1) is 16.3. The molecular weight excluding hydrogens is 418 g/mol. The van der Waals surface area contributed by atoms with E-state index in [9.17, 15) is 4.79 Å². The maximum Gasteiger partial charge on any atom is 0.223 e. The van der Waals surface area contributed by atoms with E-state index in [0.717, 1.165) is 23.4 Å². The Morgan fingerprint density at radius 2 is 1.62 bits per heavy atom. The molecule has 0 radical (unpaired) electrons. The smallest absolute Gasteiger partial charge is 0.223 e. The lowest BCUT2D eigenvalue weighted by Crippen LogP contribution is -2.28. The second-order valence-electron chi connectivity index (χ2n) is 10.5. The summed E-state index contributed by atoms with van der Waals surface area (Å²) in [5, 5.41) is 0. The monoisotopic (exact) mass is 451 g/mol. The van der Waals surface area contributed by atoms with Gasteiger partial charge < -0.3 is 9.47 Å². The molecule has 1 aliphatic heterocycles. The van der Waals surface area contributed by atoms with Gasteiger partial charge in [-0.2, -0.15) is 0 Å². The predicted octanol–water partition coefficient (Wildman–Crippen LogP) is 6.46. The first kappa shape index (κ1) is 22.4. The summed E-state index contributed by atoms with van der Waals surface area (Å²) in [6.45, 7) is 10.3. The Bertz CT molecular complexity index is 1300. The van der Waals surface area contributed by atoms with Crippen molar-refractivity contribution in [2.75, 3.05) is 6.54 Å². The number of likely N-dealkylation sites (tertiary alicyclic amines) is 1. The normalized spacial score (nSPS) is 17.5. The van der Waals surface area contributed by atoms with Gasteiger partial charge in [0.05, 0.1) is 17.1 Å². The second kappa shape index (κ2) is 8.75. The van der Waals surface area contributed by atoms with Gasteiger partial charge in [-0.05, 0) is 41.2 Å². The summed E-state index contributed by atoms with van der Waals surface area (Å²) in [6, 6.07) is 27.6. The molecule has 0 saturated carbocycles. The largest absolute Gasteiger partial charge is 0.335 e. The van der Waals surface area contributed by atoms with Crippen LogP contribution in [0.4, 0.5) is 0 Å². The maximum absolute atomic E-state index is 13.1. The Hall–Kier alpha value is -3.40. The van der Waals surface area contributed by atoms with Gasteiger partial charge in [0.25, 0.3) is 0 Å². The van der Waals surface area contributed by atoms with E-state index in [2.05, 4.69) is 86.9 Å². The third-order valence-corrected chi connectivity index (χ3v) is 7.12. The molecule has 0 bridgehead atoms. The highest BCUT2D eigenvalue weighted by atomic mass is 16.2. The van der Waals surface area contributed by atoms with Crippen LogP contribution in [-0.2, 0) is 16.8 Å². The highest BCUT2D eigenvalue weighted by molar-refractivity contribution is 5.81. The minimum Gasteiger partial charge on any atom is -0.335 e. The van der Waals surface area contributed by atoms with Crippen LogP contribution < -0.4 is 0 Å². The summed E-state index contributed by atoms with van der Waals surface area (Å²) < 4.78 is 2.32. The Kier molecular flexibility index (Phi) is 5.76. The molecule has 4 nitrogen and oxygen atoms in total. The van der Waals surface area contributed by atoms with Crippen molar-refractivity contribution in [2.45, 2.75) is 58.0 Å². The van der Waals surface area contributed by atoms with Crippen molar-refractivity contribution >= 4 is 16.9 Å². The molecule has 1 aliphatic rings. The zero-order chi connectivity index (χ0) is 23.9. The fraction of sp³-hybridized carbons (Fsp3) is 0.333. The average molecular weight is 452 g/mol. The number of carbonyl (C=O) groups excluding carboxylic acids is 1. The Balaban J connectivity index is 1.46. The molecule has 0 aliphatic carbocycles. The van der Waals surface area contributed by atoms with Crippen molar-refractivity contribution in [3.8, 4) is 0 Å². The van der Waals surface area contributed by atoms with E-state index in [4.69, 9.17) is 4.98 Å². The summed E-state index contributed by atoms with van der Waals surface area (Å²) in [4.78, 5) is 20.1. The van der Waals surface area contributed by atoms with Crippen LogP contribution in [0.1, 0.15) is 68.6 Å². The van der Waals surface area contributed by atoms with Crippen LogP contribution in [0.15, 0.2) is 78.9 Å². The van der Waals surface area contributed by atoms with Gasteiger partial charge in [-0.25, -0.2) is 4.98 Å². The molecule has 4 aromatic rings. The van der Waals surface area contributed by atoms with Crippen molar-refractivity contribution in [2.24, 2.45) is 0 Å². The molecule has 34 heavy (non-hydrogen) atoms. The molecule has 0 spiro atoms. The van der Waals surface area contributed by atoms with Crippen LogP contribution in [0.2, 0.25) is 0 Å². The van der Waals surface area contributed by atoms with E-state index >= 15 is 0 Å². The number of fused-ring (bicyclic) bond motifs is 1. The van der Waals surface area contributed by atoms with E-state index < -0.39 is 0 Å². The first-order valence-corrected chi connectivity index (χ1v) is 12.2. The summed E-state index contributed by atoms with van der Waals surface area (Å²) >= 11 is 0. The molecule has 5 rings (SSSR count). The van der Waals surface area contributed by atoms with E-state index in [1.54, 1.807) is 0 Å². The van der Waals surface area contributed by atoms with Gasteiger partial charge in [0, 0.05) is 25.4 Å². The molecule has 1 saturated heterocycles. The van der Waals surface area contributed by atoms with Crippen molar-refractivity contribution in [1.82, 2.24) is 14.5 Å². The number of aromatic nitrogens is 2. The molecule has 1 aromatic heterocycles. The average Bonchev–Trinajstić information content (AvgIpc) is 3.39. The molecule has 3 aromatic carbocycles. The van der Waals surface area contributed by atoms with Crippen LogP contribution >= 0.6 is 0 Å². The lowest BCUT2D eigenvalue weighted by molar-refractivity contribution is -0.129. The fourth-order valence-corrected chi connectivity index (χ4v) is 5.06. The van der Waals surface area contributed by atoms with Crippen molar-refractivity contribution < 1.29 is 4.79 Å². The van der Waals surface area contributed by atoms with Gasteiger partial charge in [0.15, 0.2) is 0 Å². The van der Waals surface area contributed by atoms with Crippen LogP contribution in [0.3, 0.4) is 0 Å². The Labute approximate surface area is 202 Å². The maximum atomic E-state index is 13.1. The Morgan fingerprint density at radius 1 is 0.941 bits per heavy atom. The van der Waals surface area contributed by atoms with Gasteiger partial charge in [-0.15, -0.1) is 0 Å². The van der Waals surface area contributed by atoms with Gasteiger partial charge in [-0.3, -0.25) is 4.79 Å². The minimum absolute atomic E-state index is 0.0569. The number of rotatable bonds is 5. The number of nitrogens with zero attached hydrogens (tertiary/aromatic N) is 3. The predicted molar refractivity (Wildman–Crippen MR) is 138 cm³/mol.